The first kappa shape index (κ1) is 13.7. The number of anilines is 1. The molecule has 1 aromatic heterocycles. The molecule has 0 unspecified atom stereocenters. The Morgan fingerprint density at radius 3 is 3.05 bits per heavy atom. The molecule has 0 saturated carbocycles. The number of hydrogen-bond donors (Lipinski definition) is 1. The predicted octanol–water partition coefficient (Wildman–Crippen LogP) is 2.03. The molecule has 0 bridgehead atoms. The molecule has 5 nitrogen and oxygen atoms in total. The van der Waals surface area contributed by atoms with Crippen molar-refractivity contribution in [1.29, 1.82) is 5.26 Å². The van der Waals surface area contributed by atoms with Gasteiger partial charge in [-0.15, -0.1) is 0 Å². The van der Waals surface area contributed by atoms with Crippen molar-refractivity contribution >= 4 is 5.69 Å². The number of nitrogen functional groups attached to an aromatic ring is 1. The van der Waals surface area contributed by atoms with Crippen LogP contribution in [0.5, 0.6) is 0 Å². The molecule has 0 aliphatic carbocycles. The first-order valence-electron chi connectivity index (χ1n) is 7.19. The highest BCUT2D eigenvalue weighted by Gasteiger charge is 2.23. The molecular weight excluding hydrogens is 262 g/mol. The second-order valence-electron chi connectivity index (χ2n) is 5.52. The first-order valence-corrected chi connectivity index (χ1v) is 7.19. The van der Waals surface area contributed by atoms with Gasteiger partial charge in [-0.2, -0.15) is 10.4 Å². The third-order valence-corrected chi connectivity index (χ3v) is 3.92. The van der Waals surface area contributed by atoms with E-state index >= 15 is 0 Å². The minimum absolute atomic E-state index is 0.486. The Balaban J connectivity index is 2.08. The summed E-state index contributed by atoms with van der Waals surface area (Å²) in [6.07, 6.45) is 1.47. The molecule has 1 aromatic carbocycles. The summed E-state index contributed by atoms with van der Waals surface area (Å²) in [7, 11) is 2.12. The van der Waals surface area contributed by atoms with Gasteiger partial charge in [-0.05, 0) is 19.2 Å². The number of rotatable bonds is 3. The summed E-state index contributed by atoms with van der Waals surface area (Å²) in [4.78, 5) is 2.30. The molecule has 0 atom stereocenters. The lowest BCUT2D eigenvalue weighted by molar-refractivity contribution is 0.308. The van der Waals surface area contributed by atoms with Crippen molar-refractivity contribution in [3.8, 4) is 17.3 Å². The van der Waals surface area contributed by atoms with Crippen LogP contribution in [0.2, 0.25) is 0 Å². The van der Waals surface area contributed by atoms with Crippen molar-refractivity contribution in [3.63, 3.8) is 0 Å². The Labute approximate surface area is 124 Å². The van der Waals surface area contributed by atoms with Crippen LogP contribution in [0, 0.1) is 11.3 Å². The van der Waals surface area contributed by atoms with Crippen molar-refractivity contribution in [2.24, 2.45) is 0 Å². The van der Waals surface area contributed by atoms with E-state index in [9.17, 15) is 0 Å². The number of nitriles is 1. The number of benzene rings is 1. The molecule has 0 amide bonds. The summed E-state index contributed by atoms with van der Waals surface area (Å²) in [5.74, 6) is 0. The predicted molar refractivity (Wildman–Crippen MR) is 82.3 cm³/mol. The molecule has 0 fully saturated rings. The fourth-order valence-corrected chi connectivity index (χ4v) is 2.88. The normalized spacial score (nSPS) is 14.7. The molecule has 1 aliphatic rings. The van der Waals surface area contributed by atoms with Gasteiger partial charge < -0.3 is 10.6 Å². The van der Waals surface area contributed by atoms with Crippen molar-refractivity contribution < 1.29 is 0 Å². The van der Waals surface area contributed by atoms with Gasteiger partial charge in [0, 0.05) is 42.0 Å². The van der Waals surface area contributed by atoms with Crippen LogP contribution in [0.25, 0.3) is 11.3 Å². The van der Waals surface area contributed by atoms with E-state index in [1.165, 1.54) is 11.3 Å². The number of aromatic nitrogens is 2. The second kappa shape index (κ2) is 5.58. The molecule has 1 aliphatic heterocycles. The zero-order valence-corrected chi connectivity index (χ0v) is 12.2. The maximum atomic E-state index is 8.82. The molecule has 2 aromatic rings. The van der Waals surface area contributed by atoms with Gasteiger partial charge in [0.15, 0.2) is 0 Å². The van der Waals surface area contributed by atoms with Crippen LogP contribution in [-0.4, -0.2) is 28.3 Å². The van der Waals surface area contributed by atoms with Gasteiger partial charge in [-0.1, -0.05) is 12.1 Å². The minimum atomic E-state index is 0.486. The first-order chi connectivity index (χ1) is 10.2. The number of likely N-dealkylation sites (N-methyl/N-ethyl adjacent to an activating group) is 1. The Morgan fingerprint density at radius 1 is 1.43 bits per heavy atom. The quantitative estimate of drug-likeness (QED) is 0.874. The van der Waals surface area contributed by atoms with Crippen molar-refractivity contribution in [2.75, 3.05) is 19.3 Å². The lowest BCUT2D eigenvalue weighted by Gasteiger charge is -2.23. The summed E-state index contributed by atoms with van der Waals surface area (Å²) in [6, 6.07) is 10.0. The number of nitrogens with two attached hydrogens (primary N) is 1. The minimum Gasteiger partial charge on any atom is -0.399 e. The summed E-state index contributed by atoms with van der Waals surface area (Å²) < 4.78 is 2.00. The largest absolute Gasteiger partial charge is 0.399 e. The Bertz CT molecular complexity index is 695. The standard InChI is InChI=1S/C16H19N5/c1-20-9-6-15-14(11-20)16(19-21(15)8-3-7-17)12-4-2-5-13(18)10-12/h2,4-5,10H,3,6,8-9,11,18H2,1H3. The van der Waals surface area contributed by atoms with Crippen LogP contribution in [-0.2, 0) is 19.5 Å². The Kier molecular flexibility index (Phi) is 3.63. The third-order valence-electron chi connectivity index (χ3n) is 3.92. The molecule has 3 rings (SSSR count). The summed E-state index contributed by atoms with van der Waals surface area (Å²) >= 11 is 0. The Hall–Kier alpha value is -2.32. The fourth-order valence-electron chi connectivity index (χ4n) is 2.88. The number of fused-ring (bicyclic) bond motifs is 1. The molecule has 2 heterocycles. The monoisotopic (exact) mass is 281 g/mol. The second-order valence-corrected chi connectivity index (χ2v) is 5.52. The average molecular weight is 281 g/mol. The number of nitrogens with zero attached hydrogens (tertiary/aromatic N) is 4. The maximum Gasteiger partial charge on any atom is 0.0971 e. The zero-order chi connectivity index (χ0) is 14.8. The van der Waals surface area contributed by atoms with E-state index in [2.05, 4.69) is 18.0 Å². The molecule has 108 valence electrons. The van der Waals surface area contributed by atoms with Gasteiger partial charge in [0.1, 0.15) is 0 Å². The van der Waals surface area contributed by atoms with Gasteiger partial charge in [0.2, 0.25) is 0 Å². The summed E-state index contributed by atoms with van der Waals surface area (Å²) in [5, 5.41) is 13.6. The van der Waals surface area contributed by atoms with E-state index in [4.69, 9.17) is 16.1 Å². The van der Waals surface area contributed by atoms with Crippen LogP contribution in [0.3, 0.4) is 0 Å². The van der Waals surface area contributed by atoms with Crippen LogP contribution >= 0.6 is 0 Å². The van der Waals surface area contributed by atoms with Crippen LogP contribution < -0.4 is 5.73 Å². The van der Waals surface area contributed by atoms with Crippen LogP contribution in [0.15, 0.2) is 24.3 Å². The molecule has 0 spiro atoms. The SMILES string of the molecule is CN1CCc2c(c(-c3cccc(N)c3)nn2CCC#N)C1. The number of aryl methyl sites for hydroxylation is 1. The molecule has 5 heteroatoms. The highest BCUT2D eigenvalue weighted by atomic mass is 15.3. The highest BCUT2D eigenvalue weighted by molar-refractivity contribution is 5.68. The molecule has 21 heavy (non-hydrogen) atoms. The third kappa shape index (κ3) is 2.63. The van der Waals surface area contributed by atoms with Gasteiger partial charge in [-0.3, -0.25) is 4.68 Å². The zero-order valence-electron chi connectivity index (χ0n) is 12.2. The molecular formula is C16H19N5. The van der Waals surface area contributed by atoms with Gasteiger partial charge >= 0.3 is 0 Å². The number of hydrogen-bond acceptors (Lipinski definition) is 4. The van der Waals surface area contributed by atoms with E-state index in [1.807, 2.05) is 28.9 Å². The van der Waals surface area contributed by atoms with E-state index in [0.717, 1.165) is 36.5 Å². The van der Waals surface area contributed by atoms with E-state index in [0.29, 0.717) is 13.0 Å². The fraction of sp³-hybridized carbons (Fsp3) is 0.375. The average Bonchev–Trinajstić information content (AvgIpc) is 2.83. The smallest absolute Gasteiger partial charge is 0.0971 e. The van der Waals surface area contributed by atoms with Crippen molar-refractivity contribution in [1.82, 2.24) is 14.7 Å². The van der Waals surface area contributed by atoms with Gasteiger partial charge in [0.25, 0.3) is 0 Å². The maximum absolute atomic E-state index is 8.82. The summed E-state index contributed by atoms with van der Waals surface area (Å²) in [6.45, 7) is 2.58. The van der Waals surface area contributed by atoms with E-state index in [1.54, 1.807) is 0 Å². The van der Waals surface area contributed by atoms with E-state index < -0.39 is 0 Å². The van der Waals surface area contributed by atoms with Crippen molar-refractivity contribution in [2.45, 2.75) is 25.9 Å². The Morgan fingerprint density at radius 2 is 2.29 bits per heavy atom. The van der Waals surface area contributed by atoms with Crippen LogP contribution in [0.4, 0.5) is 5.69 Å². The van der Waals surface area contributed by atoms with Gasteiger partial charge in [-0.25, -0.2) is 0 Å². The highest BCUT2D eigenvalue weighted by Crippen LogP contribution is 2.30. The lowest BCUT2D eigenvalue weighted by Crippen LogP contribution is -2.27. The lowest BCUT2D eigenvalue weighted by atomic mass is 10.0. The molecule has 0 radical (unpaired) electrons. The summed E-state index contributed by atoms with van der Waals surface area (Å²) in [5.41, 5.74) is 11.2. The van der Waals surface area contributed by atoms with Gasteiger partial charge in [0.05, 0.1) is 24.7 Å². The molecule has 2 N–H and O–H groups in total. The van der Waals surface area contributed by atoms with Crippen LogP contribution in [0.1, 0.15) is 17.7 Å². The topological polar surface area (TPSA) is 70.9 Å². The molecule has 0 saturated heterocycles. The van der Waals surface area contributed by atoms with Crippen molar-refractivity contribution in [3.05, 3.63) is 35.5 Å². The van der Waals surface area contributed by atoms with E-state index in [-0.39, 0.29) is 0 Å².